The summed E-state index contributed by atoms with van der Waals surface area (Å²) in [5.41, 5.74) is 5.32. The zero-order chi connectivity index (χ0) is 15.1. The summed E-state index contributed by atoms with van der Waals surface area (Å²) in [6.07, 6.45) is 0. The van der Waals surface area contributed by atoms with Gasteiger partial charge in [-0.25, -0.2) is 0 Å². The molecule has 0 bridgehead atoms. The third-order valence-corrected chi connectivity index (χ3v) is 5.24. The SMILES string of the molecule is Cc1ccc(-c2cc3c(-c4ccccc4)c(C)ccc3[cH-]2)s1.[Cl-].[Cl-].[Zr+3]. The van der Waals surface area contributed by atoms with Crippen LogP contribution in [0.1, 0.15) is 10.4 Å². The maximum atomic E-state index is 2.34. The summed E-state index contributed by atoms with van der Waals surface area (Å²) in [4.78, 5) is 2.71. The van der Waals surface area contributed by atoms with Gasteiger partial charge in [0.2, 0.25) is 0 Å². The molecule has 3 aromatic carbocycles. The first kappa shape index (κ1) is 22.3. The molecule has 0 unspecified atom stereocenters. The fourth-order valence-electron chi connectivity index (χ4n) is 3.11. The summed E-state index contributed by atoms with van der Waals surface area (Å²) in [6, 6.07) is 24.2. The summed E-state index contributed by atoms with van der Waals surface area (Å²) >= 11 is 1.86. The predicted molar refractivity (Wildman–Crippen MR) is 97.8 cm³/mol. The second-order valence-corrected chi connectivity index (χ2v) is 7.07. The van der Waals surface area contributed by atoms with Crippen molar-refractivity contribution in [2.24, 2.45) is 0 Å². The zero-order valence-corrected chi connectivity index (χ0v) is 18.8. The zero-order valence-electron chi connectivity index (χ0n) is 14.0. The Labute approximate surface area is 184 Å². The Morgan fingerprint density at radius 3 is 2.20 bits per heavy atom. The average molecular weight is 464 g/mol. The molecule has 0 N–H and O–H groups in total. The van der Waals surface area contributed by atoms with E-state index in [1.807, 2.05) is 11.3 Å². The second kappa shape index (κ2) is 9.24. The molecule has 4 rings (SSSR count). The van der Waals surface area contributed by atoms with Crippen LogP contribution >= 0.6 is 11.3 Å². The molecule has 4 heteroatoms. The van der Waals surface area contributed by atoms with E-state index in [4.69, 9.17) is 0 Å². The molecular formula is C21H17Cl2SZr. The number of aryl methyl sites for hydroxylation is 2. The minimum absolute atomic E-state index is 0. The molecule has 0 saturated carbocycles. The van der Waals surface area contributed by atoms with Crippen LogP contribution in [0.25, 0.3) is 32.3 Å². The summed E-state index contributed by atoms with van der Waals surface area (Å²) in [7, 11) is 0. The maximum absolute atomic E-state index is 2.34. The van der Waals surface area contributed by atoms with E-state index in [9.17, 15) is 0 Å². The van der Waals surface area contributed by atoms with Gasteiger partial charge in [0.25, 0.3) is 0 Å². The molecule has 0 atom stereocenters. The smallest absolute Gasteiger partial charge is 1.00 e. The predicted octanol–water partition coefficient (Wildman–Crippen LogP) is 0.577. The van der Waals surface area contributed by atoms with Gasteiger partial charge in [-0.3, -0.25) is 0 Å². The number of hydrogen-bond donors (Lipinski definition) is 0. The van der Waals surface area contributed by atoms with Gasteiger partial charge < -0.3 is 24.8 Å². The summed E-state index contributed by atoms with van der Waals surface area (Å²) < 4.78 is 0. The Balaban J connectivity index is 0.00000104. The number of hydrogen-bond acceptors (Lipinski definition) is 1. The fourth-order valence-corrected chi connectivity index (χ4v) is 3.97. The summed E-state index contributed by atoms with van der Waals surface area (Å²) in [6.45, 7) is 4.36. The number of benzene rings is 2. The Hall–Kier alpha value is -0.787. The molecule has 25 heavy (non-hydrogen) atoms. The van der Waals surface area contributed by atoms with Crippen molar-refractivity contribution in [3.63, 3.8) is 0 Å². The molecule has 0 aliphatic carbocycles. The van der Waals surface area contributed by atoms with Crippen molar-refractivity contribution in [2.75, 3.05) is 0 Å². The van der Waals surface area contributed by atoms with Crippen LogP contribution in [0.3, 0.4) is 0 Å². The van der Waals surface area contributed by atoms with Gasteiger partial charge in [0.15, 0.2) is 0 Å². The monoisotopic (exact) mass is 461 g/mol. The maximum Gasteiger partial charge on any atom is 3.00 e. The quantitative estimate of drug-likeness (QED) is 0.382. The topological polar surface area (TPSA) is 0 Å². The Morgan fingerprint density at radius 1 is 0.840 bits per heavy atom. The molecule has 125 valence electrons. The van der Waals surface area contributed by atoms with E-state index < -0.39 is 0 Å². The van der Waals surface area contributed by atoms with E-state index in [1.165, 1.54) is 42.8 Å². The molecular weight excluding hydrogens is 446 g/mol. The second-order valence-electron chi connectivity index (χ2n) is 5.78. The van der Waals surface area contributed by atoms with Crippen LogP contribution in [0, 0.1) is 13.8 Å². The van der Waals surface area contributed by atoms with Gasteiger partial charge in [-0.2, -0.15) is 11.3 Å². The molecule has 0 aliphatic heterocycles. The molecule has 0 spiro atoms. The number of thiophene rings is 1. The van der Waals surface area contributed by atoms with Crippen molar-refractivity contribution < 1.29 is 51.0 Å². The van der Waals surface area contributed by atoms with Crippen LogP contribution in [0.2, 0.25) is 0 Å². The van der Waals surface area contributed by atoms with Crippen LogP contribution in [0.15, 0.2) is 66.7 Å². The average Bonchev–Trinajstić information content (AvgIpc) is 3.14. The normalized spacial score (nSPS) is 9.84. The van der Waals surface area contributed by atoms with E-state index in [2.05, 4.69) is 80.6 Å². The Morgan fingerprint density at radius 2 is 1.56 bits per heavy atom. The molecule has 0 aliphatic rings. The molecule has 1 radical (unpaired) electrons. The van der Waals surface area contributed by atoms with E-state index in [0.717, 1.165) is 0 Å². The van der Waals surface area contributed by atoms with Crippen molar-refractivity contribution in [2.45, 2.75) is 13.8 Å². The minimum atomic E-state index is 0. The summed E-state index contributed by atoms with van der Waals surface area (Å²) in [5, 5.41) is 2.68. The number of fused-ring (bicyclic) bond motifs is 1. The molecule has 1 aromatic heterocycles. The molecule has 1 heterocycles. The molecule has 0 fully saturated rings. The van der Waals surface area contributed by atoms with E-state index in [0.29, 0.717) is 0 Å². The minimum Gasteiger partial charge on any atom is -1.00 e. The van der Waals surface area contributed by atoms with E-state index >= 15 is 0 Å². The van der Waals surface area contributed by atoms with Crippen LogP contribution in [0.4, 0.5) is 0 Å². The van der Waals surface area contributed by atoms with Gasteiger partial charge in [0.1, 0.15) is 0 Å². The van der Waals surface area contributed by atoms with Gasteiger partial charge in [-0.15, -0.1) is 34.5 Å². The van der Waals surface area contributed by atoms with Crippen LogP contribution in [-0.4, -0.2) is 0 Å². The van der Waals surface area contributed by atoms with Crippen LogP contribution < -0.4 is 24.8 Å². The van der Waals surface area contributed by atoms with E-state index in [-0.39, 0.29) is 51.0 Å². The molecule has 0 amide bonds. The standard InChI is InChI=1S/C21H17S.2ClH.Zr/c1-14-8-10-17-12-18(20-11-9-15(2)22-20)13-19(17)21(14)16-6-4-3-5-7-16;;;/h3-13H,1-2H3;2*1H;/q-1;;;+3/p-2. The van der Waals surface area contributed by atoms with Gasteiger partial charge in [-0.1, -0.05) is 54.1 Å². The third kappa shape index (κ3) is 4.31. The number of rotatable bonds is 2. The Kier molecular flexibility index (Phi) is 8.22. The molecule has 4 aromatic rings. The fraction of sp³-hybridized carbons (Fsp3) is 0.0952. The Bertz CT molecular complexity index is 955. The van der Waals surface area contributed by atoms with Gasteiger partial charge >= 0.3 is 26.2 Å². The van der Waals surface area contributed by atoms with E-state index in [1.54, 1.807) is 0 Å². The number of halogens is 2. The third-order valence-electron chi connectivity index (χ3n) is 4.19. The van der Waals surface area contributed by atoms with Crippen molar-refractivity contribution in [3.05, 3.63) is 77.2 Å². The van der Waals surface area contributed by atoms with Crippen molar-refractivity contribution in [1.29, 1.82) is 0 Å². The first-order valence-corrected chi connectivity index (χ1v) is 8.36. The van der Waals surface area contributed by atoms with Crippen LogP contribution in [-0.2, 0) is 26.2 Å². The largest absolute Gasteiger partial charge is 3.00 e. The van der Waals surface area contributed by atoms with Gasteiger partial charge in [0, 0.05) is 0 Å². The van der Waals surface area contributed by atoms with Crippen molar-refractivity contribution >= 4 is 22.1 Å². The molecule has 0 saturated heterocycles. The summed E-state index contributed by atoms with van der Waals surface area (Å²) in [5.74, 6) is 0. The van der Waals surface area contributed by atoms with Gasteiger partial charge in [0.05, 0.1) is 0 Å². The van der Waals surface area contributed by atoms with Crippen molar-refractivity contribution in [1.82, 2.24) is 0 Å². The molecule has 0 nitrogen and oxygen atoms in total. The first-order valence-electron chi connectivity index (χ1n) is 7.54. The van der Waals surface area contributed by atoms with Gasteiger partial charge in [-0.05, 0) is 34.7 Å². The first-order chi connectivity index (χ1) is 10.7. The van der Waals surface area contributed by atoms with Crippen molar-refractivity contribution in [3.8, 4) is 21.6 Å². The van der Waals surface area contributed by atoms with Crippen LogP contribution in [0.5, 0.6) is 0 Å².